The largest absolute Gasteiger partial charge is 0.496 e. The van der Waals surface area contributed by atoms with Gasteiger partial charge in [-0.25, -0.2) is 0 Å². The molecule has 0 fully saturated rings. The minimum atomic E-state index is 0.939. The van der Waals surface area contributed by atoms with Crippen molar-refractivity contribution in [2.24, 2.45) is 0 Å². The van der Waals surface area contributed by atoms with Gasteiger partial charge >= 0.3 is 0 Å². The molecule has 0 heterocycles. The fourth-order valence-corrected chi connectivity index (χ4v) is 2.97. The third-order valence-electron chi connectivity index (χ3n) is 4.57. The van der Waals surface area contributed by atoms with Crippen molar-refractivity contribution >= 4 is 0 Å². The van der Waals surface area contributed by atoms with Crippen LogP contribution in [0.3, 0.4) is 0 Å². The Balaban J connectivity index is 1.91. The molecule has 0 aliphatic heterocycles. The van der Waals surface area contributed by atoms with E-state index >= 15 is 0 Å². The standard InChI is InChI=1S/C23H24O/c1-4-17-6-9-19(10-7-17)20-11-13-21(14-12-20)22-15-8-18(5-2)16-23(22)24-3/h6-16H,4-5H2,1-3H3. The van der Waals surface area contributed by atoms with E-state index in [1.807, 2.05) is 0 Å². The molecule has 0 atom stereocenters. The van der Waals surface area contributed by atoms with Gasteiger partial charge in [-0.1, -0.05) is 74.5 Å². The zero-order valence-corrected chi connectivity index (χ0v) is 14.7. The fourth-order valence-electron chi connectivity index (χ4n) is 2.97. The fraction of sp³-hybridized carbons (Fsp3) is 0.217. The van der Waals surface area contributed by atoms with Gasteiger partial charge in [0.1, 0.15) is 5.75 Å². The second-order valence-corrected chi connectivity index (χ2v) is 6.02. The Kier molecular flexibility index (Phi) is 5.00. The second kappa shape index (κ2) is 7.35. The zero-order valence-electron chi connectivity index (χ0n) is 14.7. The molecule has 3 rings (SSSR count). The summed E-state index contributed by atoms with van der Waals surface area (Å²) in [6.07, 6.45) is 2.09. The number of ether oxygens (including phenoxy) is 1. The highest BCUT2D eigenvalue weighted by Gasteiger charge is 2.07. The van der Waals surface area contributed by atoms with Gasteiger partial charge in [-0.05, 0) is 46.7 Å². The van der Waals surface area contributed by atoms with Gasteiger partial charge in [0.15, 0.2) is 0 Å². The summed E-state index contributed by atoms with van der Waals surface area (Å²) < 4.78 is 5.58. The highest BCUT2D eigenvalue weighted by atomic mass is 16.5. The van der Waals surface area contributed by atoms with Crippen LogP contribution in [0.2, 0.25) is 0 Å². The highest BCUT2D eigenvalue weighted by molar-refractivity contribution is 5.74. The quantitative estimate of drug-likeness (QED) is 0.548. The number of methoxy groups -OCH3 is 1. The molecule has 3 aromatic rings. The minimum Gasteiger partial charge on any atom is -0.496 e. The molecule has 122 valence electrons. The van der Waals surface area contributed by atoms with Crippen molar-refractivity contribution in [2.45, 2.75) is 26.7 Å². The van der Waals surface area contributed by atoms with Crippen LogP contribution >= 0.6 is 0 Å². The molecule has 0 aromatic heterocycles. The topological polar surface area (TPSA) is 9.23 Å². The highest BCUT2D eigenvalue weighted by Crippen LogP contribution is 2.32. The lowest BCUT2D eigenvalue weighted by Gasteiger charge is -2.11. The summed E-state index contributed by atoms with van der Waals surface area (Å²) in [6.45, 7) is 4.34. The maximum atomic E-state index is 5.58. The van der Waals surface area contributed by atoms with E-state index < -0.39 is 0 Å². The summed E-state index contributed by atoms with van der Waals surface area (Å²) in [6, 6.07) is 24.0. The van der Waals surface area contributed by atoms with Crippen molar-refractivity contribution in [3.63, 3.8) is 0 Å². The Morgan fingerprint density at radius 1 is 0.625 bits per heavy atom. The van der Waals surface area contributed by atoms with Gasteiger partial charge in [-0.2, -0.15) is 0 Å². The molecular formula is C23H24O. The van der Waals surface area contributed by atoms with Gasteiger partial charge in [0.05, 0.1) is 7.11 Å². The Labute approximate surface area is 144 Å². The van der Waals surface area contributed by atoms with Crippen LogP contribution in [-0.2, 0) is 12.8 Å². The normalized spacial score (nSPS) is 10.6. The van der Waals surface area contributed by atoms with E-state index in [0.717, 1.165) is 24.2 Å². The SMILES string of the molecule is CCc1ccc(-c2ccc(-c3ccc(CC)cc3OC)cc2)cc1. The first kappa shape index (κ1) is 16.3. The molecule has 24 heavy (non-hydrogen) atoms. The van der Waals surface area contributed by atoms with Crippen molar-refractivity contribution in [1.82, 2.24) is 0 Å². The Morgan fingerprint density at radius 2 is 1.12 bits per heavy atom. The Bertz CT molecular complexity index is 798. The molecule has 0 spiro atoms. The molecule has 3 aromatic carbocycles. The van der Waals surface area contributed by atoms with Crippen LogP contribution < -0.4 is 4.74 Å². The van der Waals surface area contributed by atoms with Crippen LogP contribution in [0.5, 0.6) is 5.75 Å². The predicted octanol–water partition coefficient (Wildman–Crippen LogP) is 6.15. The number of rotatable bonds is 5. The van der Waals surface area contributed by atoms with Gasteiger partial charge in [-0.15, -0.1) is 0 Å². The maximum absolute atomic E-state index is 5.58. The summed E-state index contributed by atoms with van der Waals surface area (Å²) in [7, 11) is 1.74. The van der Waals surface area contributed by atoms with E-state index in [-0.39, 0.29) is 0 Å². The average molecular weight is 316 g/mol. The third kappa shape index (κ3) is 3.35. The van der Waals surface area contributed by atoms with Crippen molar-refractivity contribution in [1.29, 1.82) is 0 Å². The van der Waals surface area contributed by atoms with E-state index in [0.29, 0.717) is 0 Å². The van der Waals surface area contributed by atoms with E-state index in [1.165, 1.54) is 27.8 Å². The number of benzene rings is 3. The van der Waals surface area contributed by atoms with E-state index in [4.69, 9.17) is 4.74 Å². The summed E-state index contributed by atoms with van der Waals surface area (Å²) in [5, 5.41) is 0. The van der Waals surface area contributed by atoms with Gasteiger partial charge in [0, 0.05) is 5.56 Å². The van der Waals surface area contributed by atoms with Gasteiger partial charge < -0.3 is 4.74 Å². The molecule has 0 unspecified atom stereocenters. The molecule has 0 bridgehead atoms. The van der Waals surface area contributed by atoms with Crippen molar-refractivity contribution < 1.29 is 4.74 Å². The number of aryl methyl sites for hydroxylation is 2. The van der Waals surface area contributed by atoms with Crippen molar-refractivity contribution in [3.8, 4) is 28.0 Å². The van der Waals surface area contributed by atoms with Crippen molar-refractivity contribution in [2.75, 3.05) is 7.11 Å². The van der Waals surface area contributed by atoms with Gasteiger partial charge in [0.2, 0.25) is 0 Å². The summed E-state index contributed by atoms with van der Waals surface area (Å²) >= 11 is 0. The summed E-state index contributed by atoms with van der Waals surface area (Å²) in [4.78, 5) is 0. The molecule has 0 amide bonds. The van der Waals surface area contributed by atoms with Crippen LogP contribution in [-0.4, -0.2) is 7.11 Å². The summed E-state index contributed by atoms with van der Waals surface area (Å²) in [5.41, 5.74) is 7.49. The van der Waals surface area contributed by atoms with Crippen LogP contribution in [0.25, 0.3) is 22.3 Å². The first-order valence-electron chi connectivity index (χ1n) is 8.61. The average Bonchev–Trinajstić information content (AvgIpc) is 2.67. The molecule has 0 saturated carbocycles. The van der Waals surface area contributed by atoms with E-state index in [9.17, 15) is 0 Å². The van der Waals surface area contributed by atoms with Crippen LogP contribution in [0, 0.1) is 0 Å². The predicted molar refractivity (Wildman–Crippen MR) is 103 cm³/mol. The number of hydrogen-bond acceptors (Lipinski definition) is 1. The number of hydrogen-bond donors (Lipinski definition) is 0. The molecule has 0 aliphatic rings. The van der Waals surface area contributed by atoms with Crippen LogP contribution in [0.1, 0.15) is 25.0 Å². The monoisotopic (exact) mass is 316 g/mol. The van der Waals surface area contributed by atoms with Crippen LogP contribution in [0.4, 0.5) is 0 Å². The molecule has 0 saturated heterocycles. The molecule has 0 radical (unpaired) electrons. The molecule has 1 nitrogen and oxygen atoms in total. The van der Waals surface area contributed by atoms with Gasteiger partial charge in [-0.3, -0.25) is 0 Å². The summed E-state index contributed by atoms with van der Waals surface area (Å²) in [5.74, 6) is 0.939. The van der Waals surface area contributed by atoms with E-state index in [1.54, 1.807) is 7.11 Å². The van der Waals surface area contributed by atoms with Crippen molar-refractivity contribution in [3.05, 3.63) is 77.9 Å². The zero-order chi connectivity index (χ0) is 16.9. The Hall–Kier alpha value is -2.54. The van der Waals surface area contributed by atoms with Crippen LogP contribution in [0.15, 0.2) is 66.7 Å². The molecule has 0 aliphatic carbocycles. The first-order valence-corrected chi connectivity index (χ1v) is 8.61. The third-order valence-corrected chi connectivity index (χ3v) is 4.57. The molecule has 1 heteroatoms. The van der Waals surface area contributed by atoms with E-state index in [2.05, 4.69) is 80.6 Å². The molecular weight excluding hydrogens is 292 g/mol. The lowest BCUT2D eigenvalue weighted by molar-refractivity contribution is 0.416. The maximum Gasteiger partial charge on any atom is 0.126 e. The smallest absolute Gasteiger partial charge is 0.126 e. The molecule has 0 N–H and O–H groups in total. The lowest BCUT2D eigenvalue weighted by Crippen LogP contribution is -1.90. The minimum absolute atomic E-state index is 0.939. The van der Waals surface area contributed by atoms with Gasteiger partial charge in [0.25, 0.3) is 0 Å². The lowest BCUT2D eigenvalue weighted by atomic mass is 9.98. The second-order valence-electron chi connectivity index (χ2n) is 6.02. The Morgan fingerprint density at radius 3 is 1.67 bits per heavy atom. The first-order chi connectivity index (χ1) is 11.7.